The lowest BCUT2D eigenvalue weighted by atomic mass is 10.0. The van der Waals surface area contributed by atoms with Crippen molar-refractivity contribution >= 4 is 50.0 Å². The molecule has 0 saturated carbocycles. The lowest BCUT2D eigenvalue weighted by molar-refractivity contribution is -0.385. The van der Waals surface area contributed by atoms with Crippen molar-refractivity contribution in [1.82, 2.24) is 0 Å². The maximum atomic E-state index is 11.1. The van der Waals surface area contributed by atoms with E-state index >= 15 is 0 Å². The molecule has 0 atom stereocenters. The molecule has 0 aliphatic carbocycles. The number of rotatable bonds is 1. The van der Waals surface area contributed by atoms with Crippen molar-refractivity contribution < 1.29 is 14.4 Å². The third-order valence-electron chi connectivity index (χ3n) is 3.74. The number of phenols is 1. The van der Waals surface area contributed by atoms with Gasteiger partial charge in [-0.25, -0.2) is 0 Å². The summed E-state index contributed by atoms with van der Waals surface area (Å²) in [6, 6.07) is 11.9. The lowest BCUT2D eigenvalue weighted by Crippen LogP contribution is -1.90. The van der Waals surface area contributed by atoms with E-state index in [0.717, 1.165) is 11.5 Å². The number of nitro groups is 1. The molecule has 6 heteroatoms. The van der Waals surface area contributed by atoms with Crippen molar-refractivity contribution in [2.24, 2.45) is 0 Å². The van der Waals surface area contributed by atoms with Crippen LogP contribution in [-0.4, -0.2) is 10.0 Å². The van der Waals surface area contributed by atoms with Gasteiger partial charge in [0.05, 0.1) is 9.95 Å². The number of aromatic hydroxyl groups is 1. The van der Waals surface area contributed by atoms with Crippen LogP contribution in [-0.2, 0) is 0 Å². The quantitative estimate of drug-likeness (QED) is 0.396. The largest absolute Gasteiger partial charge is 0.502 e. The Morgan fingerprint density at radius 3 is 2.59 bits per heavy atom. The highest BCUT2D eigenvalue weighted by atomic mass is 35.5. The van der Waals surface area contributed by atoms with Gasteiger partial charge in [-0.05, 0) is 18.2 Å². The molecule has 0 unspecified atom stereocenters. The Bertz CT molecular complexity index is 1080. The molecule has 0 spiro atoms. The molecule has 5 nitrogen and oxygen atoms in total. The topological polar surface area (TPSA) is 76.5 Å². The van der Waals surface area contributed by atoms with Crippen LogP contribution in [0.1, 0.15) is 0 Å². The van der Waals surface area contributed by atoms with Crippen LogP contribution >= 0.6 is 11.6 Å². The number of halogens is 1. The number of hydrogen-bond acceptors (Lipinski definition) is 4. The minimum atomic E-state index is -0.651. The van der Waals surface area contributed by atoms with Crippen LogP contribution in [0.4, 0.5) is 5.69 Å². The Labute approximate surface area is 128 Å². The fourth-order valence-corrected chi connectivity index (χ4v) is 3.06. The normalized spacial score (nSPS) is 11.5. The Balaban J connectivity index is 2.34. The third kappa shape index (κ3) is 1.60. The molecular formula is C16H8ClNO4. The molecule has 0 bridgehead atoms. The molecule has 0 saturated heterocycles. The van der Waals surface area contributed by atoms with Crippen molar-refractivity contribution in [3.05, 3.63) is 57.6 Å². The van der Waals surface area contributed by atoms with Gasteiger partial charge in [-0.1, -0.05) is 29.8 Å². The van der Waals surface area contributed by atoms with Gasteiger partial charge in [-0.2, -0.15) is 0 Å². The molecule has 0 fully saturated rings. The fraction of sp³-hybridized carbons (Fsp3) is 0. The van der Waals surface area contributed by atoms with E-state index in [2.05, 4.69) is 0 Å². The summed E-state index contributed by atoms with van der Waals surface area (Å²) in [5.74, 6) is -0.401. The second-order valence-corrected chi connectivity index (χ2v) is 5.35. The van der Waals surface area contributed by atoms with Crippen LogP contribution in [0, 0.1) is 10.1 Å². The number of para-hydroxylation sites is 1. The zero-order valence-electron chi connectivity index (χ0n) is 11.0. The SMILES string of the molecule is O=[N+]([O-])c1cc(Cl)c2ccc3oc4ccccc4c3c2c1O. The molecule has 0 aliphatic heterocycles. The number of furan rings is 1. The van der Waals surface area contributed by atoms with E-state index in [4.69, 9.17) is 16.0 Å². The average molecular weight is 314 g/mol. The Morgan fingerprint density at radius 2 is 1.82 bits per heavy atom. The third-order valence-corrected chi connectivity index (χ3v) is 4.05. The Kier molecular flexibility index (Phi) is 2.55. The van der Waals surface area contributed by atoms with Crippen LogP contribution in [0.15, 0.2) is 46.9 Å². The second-order valence-electron chi connectivity index (χ2n) is 4.94. The van der Waals surface area contributed by atoms with Crippen LogP contribution < -0.4 is 0 Å². The number of nitrogens with zero attached hydrogens (tertiary/aromatic N) is 1. The first-order chi connectivity index (χ1) is 10.6. The van der Waals surface area contributed by atoms with E-state index in [0.29, 0.717) is 27.3 Å². The second kappa shape index (κ2) is 4.35. The van der Waals surface area contributed by atoms with Gasteiger partial charge in [-0.3, -0.25) is 10.1 Å². The van der Waals surface area contributed by atoms with E-state index in [1.54, 1.807) is 18.2 Å². The van der Waals surface area contributed by atoms with Crippen molar-refractivity contribution in [1.29, 1.82) is 0 Å². The first kappa shape index (κ1) is 12.9. The summed E-state index contributed by atoms with van der Waals surface area (Å²) in [6.45, 7) is 0. The van der Waals surface area contributed by atoms with Gasteiger partial charge in [0.1, 0.15) is 11.2 Å². The first-order valence-corrected chi connectivity index (χ1v) is 6.85. The molecule has 0 amide bonds. The van der Waals surface area contributed by atoms with E-state index in [9.17, 15) is 15.2 Å². The molecule has 1 heterocycles. The van der Waals surface area contributed by atoms with Crippen LogP contribution in [0.25, 0.3) is 32.7 Å². The predicted octanol–water partition coefficient (Wildman–Crippen LogP) is 5.01. The molecule has 22 heavy (non-hydrogen) atoms. The van der Waals surface area contributed by atoms with Gasteiger partial charge in [-0.15, -0.1) is 0 Å². The molecule has 0 radical (unpaired) electrons. The maximum Gasteiger partial charge on any atom is 0.312 e. The number of phenolic OH excluding ortho intramolecular Hbond substituents is 1. The number of fused-ring (bicyclic) bond motifs is 5. The van der Waals surface area contributed by atoms with E-state index < -0.39 is 16.4 Å². The summed E-state index contributed by atoms with van der Waals surface area (Å²) in [4.78, 5) is 10.5. The summed E-state index contributed by atoms with van der Waals surface area (Å²) >= 11 is 6.15. The fourth-order valence-electron chi connectivity index (χ4n) is 2.80. The van der Waals surface area contributed by atoms with Gasteiger partial charge in [0.25, 0.3) is 0 Å². The van der Waals surface area contributed by atoms with Crippen molar-refractivity contribution in [2.45, 2.75) is 0 Å². The van der Waals surface area contributed by atoms with Crippen molar-refractivity contribution in [3.63, 3.8) is 0 Å². The Hall–Kier alpha value is -2.79. The molecular weight excluding hydrogens is 306 g/mol. The van der Waals surface area contributed by atoms with Gasteiger partial charge in [0.15, 0.2) is 0 Å². The maximum absolute atomic E-state index is 11.1. The van der Waals surface area contributed by atoms with Crippen LogP contribution in [0.5, 0.6) is 5.75 Å². The van der Waals surface area contributed by atoms with Gasteiger partial charge in [0, 0.05) is 27.6 Å². The van der Waals surface area contributed by atoms with Gasteiger partial charge in [0.2, 0.25) is 5.75 Å². The van der Waals surface area contributed by atoms with E-state index in [-0.39, 0.29) is 5.02 Å². The van der Waals surface area contributed by atoms with Crippen LogP contribution in [0.2, 0.25) is 5.02 Å². The average Bonchev–Trinajstić information content (AvgIpc) is 2.88. The summed E-state index contributed by atoms with van der Waals surface area (Å²) in [7, 11) is 0. The highest BCUT2D eigenvalue weighted by molar-refractivity contribution is 6.38. The summed E-state index contributed by atoms with van der Waals surface area (Å²) in [5, 5.41) is 24.0. The van der Waals surface area contributed by atoms with Crippen molar-refractivity contribution in [2.75, 3.05) is 0 Å². The molecule has 4 aromatic rings. The van der Waals surface area contributed by atoms with Gasteiger partial charge >= 0.3 is 5.69 Å². The molecule has 4 rings (SSSR count). The van der Waals surface area contributed by atoms with Crippen LogP contribution in [0.3, 0.4) is 0 Å². The van der Waals surface area contributed by atoms with Crippen molar-refractivity contribution in [3.8, 4) is 5.75 Å². The summed E-state index contributed by atoms with van der Waals surface area (Å²) in [5.41, 5.74) is 0.767. The summed E-state index contributed by atoms with van der Waals surface area (Å²) in [6.07, 6.45) is 0. The minimum Gasteiger partial charge on any atom is -0.502 e. The lowest BCUT2D eigenvalue weighted by Gasteiger charge is -2.05. The predicted molar refractivity (Wildman–Crippen MR) is 84.6 cm³/mol. The molecule has 1 N–H and O–H groups in total. The smallest absolute Gasteiger partial charge is 0.312 e. The van der Waals surface area contributed by atoms with E-state index in [1.807, 2.05) is 18.2 Å². The number of benzene rings is 3. The summed E-state index contributed by atoms with van der Waals surface area (Å²) < 4.78 is 5.73. The molecule has 0 aliphatic rings. The molecule has 1 aromatic heterocycles. The Morgan fingerprint density at radius 1 is 1.05 bits per heavy atom. The van der Waals surface area contributed by atoms with E-state index in [1.165, 1.54) is 0 Å². The number of nitro benzene ring substituents is 1. The highest BCUT2D eigenvalue weighted by Crippen LogP contribution is 2.45. The first-order valence-electron chi connectivity index (χ1n) is 6.47. The van der Waals surface area contributed by atoms with Gasteiger partial charge < -0.3 is 9.52 Å². The zero-order valence-corrected chi connectivity index (χ0v) is 11.8. The zero-order chi connectivity index (χ0) is 15.4. The molecule has 108 valence electrons. The monoisotopic (exact) mass is 313 g/mol. The highest BCUT2D eigenvalue weighted by Gasteiger charge is 2.22. The minimum absolute atomic E-state index is 0.215. The molecule has 3 aromatic carbocycles. The number of hydrogen-bond donors (Lipinski definition) is 1. The standard InChI is InChI=1S/C16H8ClNO4/c17-10-7-11(18(20)21)16(19)15-8(10)5-6-13-14(15)9-3-1-2-4-12(9)22-13/h1-7,19H.